The van der Waals surface area contributed by atoms with Crippen LogP contribution in [0.1, 0.15) is 11.5 Å². The van der Waals surface area contributed by atoms with Gasteiger partial charge in [0, 0.05) is 12.0 Å². The fourth-order valence-corrected chi connectivity index (χ4v) is 2.22. The molecule has 0 heterocycles. The molecule has 0 fully saturated rings. The van der Waals surface area contributed by atoms with Crippen molar-refractivity contribution in [3.8, 4) is 0 Å². The Morgan fingerprint density at radius 2 is 1.44 bits per heavy atom. The molecule has 1 aromatic carbocycles. The molecule has 0 nitrogen and oxygen atoms in total. The van der Waals surface area contributed by atoms with E-state index in [1.54, 1.807) is 0 Å². The summed E-state index contributed by atoms with van der Waals surface area (Å²) >= 11 is 11.4. The zero-order valence-electron chi connectivity index (χ0n) is 9.33. The van der Waals surface area contributed by atoms with E-state index in [4.69, 9.17) is 23.2 Å². The summed E-state index contributed by atoms with van der Waals surface area (Å²) in [5.41, 5.74) is -1.86. The fraction of sp³-hybridized carbons (Fsp3) is 0.500. The second-order valence-corrected chi connectivity index (χ2v) is 4.89. The van der Waals surface area contributed by atoms with E-state index in [0.29, 0.717) is 0 Å². The number of halogens is 6. The molecule has 1 radical (unpaired) electrons. The third-order valence-electron chi connectivity index (χ3n) is 2.92. The van der Waals surface area contributed by atoms with E-state index in [0.717, 1.165) is 0 Å². The number of benzene rings is 1. The summed E-state index contributed by atoms with van der Waals surface area (Å²) in [6.07, 6.45) is 0. The highest BCUT2D eigenvalue weighted by molar-refractivity contribution is 6.34. The van der Waals surface area contributed by atoms with Crippen LogP contribution in [-0.4, -0.2) is 26.7 Å². The minimum atomic E-state index is -2.03. The molecule has 0 aromatic heterocycles. The van der Waals surface area contributed by atoms with E-state index < -0.39 is 38.0 Å². The number of rotatable bonds is 6. The molecule has 1 rings (SSSR count). The SMILES string of the molecule is FCC(c1cc(Cl)[c]c(Cl)c1)C(CF)(CF)CF. The lowest BCUT2D eigenvalue weighted by Crippen LogP contribution is -2.37. The van der Waals surface area contributed by atoms with Crippen LogP contribution >= 0.6 is 23.2 Å². The van der Waals surface area contributed by atoms with Crippen molar-refractivity contribution in [1.82, 2.24) is 0 Å². The minimum Gasteiger partial charge on any atom is -0.250 e. The smallest absolute Gasteiger partial charge is 0.101 e. The molecule has 0 aliphatic heterocycles. The summed E-state index contributed by atoms with van der Waals surface area (Å²) in [6, 6.07) is 5.09. The molecule has 1 aromatic rings. The van der Waals surface area contributed by atoms with Crippen molar-refractivity contribution < 1.29 is 17.6 Å². The van der Waals surface area contributed by atoms with Gasteiger partial charge in [0.05, 0.1) is 22.1 Å². The maximum absolute atomic E-state index is 13.1. The normalized spacial score (nSPS) is 13.7. The van der Waals surface area contributed by atoms with Crippen LogP contribution in [0.3, 0.4) is 0 Å². The van der Waals surface area contributed by atoms with E-state index in [1.807, 2.05) is 0 Å². The predicted molar refractivity (Wildman–Crippen MR) is 64.4 cm³/mol. The van der Waals surface area contributed by atoms with Gasteiger partial charge in [-0.15, -0.1) is 0 Å². The summed E-state index contributed by atoms with van der Waals surface area (Å²) in [4.78, 5) is 0. The van der Waals surface area contributed by atoms with Gasteiger partial charge in [0.2, 0.25) is 0 Å². The summed E-state index contributed by atoms with van der Waals surface area (Å²) in [5.74, 6) is -1.28. The summed E-state index contributed by atoms with van der Waals surface area (Å²) < 4.78 is 51.8. The Labute approximate surface area is 113 Å². The van der Waals surface area contributed by atoms with Crippen LogP contribution in [0.25, 0.3) is 0 Å². The Balaban J connectivity index is 3.22. The summed E-state index contributed by atoms with van der Waals surface area (Å²) in [5, 5.41) is 0.169. The topological polar surface area (TPSA) is 0 Å². The Hall–Kier alpha value is -0.480. The van der Waals surface area contributed by atoms with E-state index in [1.165, 1.54) is 12.1 Å². The second kappa shape index (κ2) is 6.62. The second-order valence-electron chi connectivity index (χ2n) is 4.08. The molecule has 0 saturated carbocycles. The van der Waals surface area contributed by atoms with Gasteiger partial charge in [-0.25, -0.2) is 0 Å². The highest BCUT2D eigenvalue weighted by Crippen LogP contribution is 2.39. The molecular formula is C12H11Cl2F4. The number of hydrogen-bond donors (Lipinski definition) is 0. The molecule has 1 atom stereocenters. The van der Waals surface area contributed by atoms with E-state index >= 15 is 0 Å². The Bertz CT molecular complexity index is 365. The highest BCUT2D eigenvalue weighted by Gasteiger charge is 2.41. The van der Waals surface area contributed by atoms with Crippen molar-refractivity contribution in [3.05, 3.63) is 33.8 Å². The van der Waals surface area contributed by atoms with Crippen LogP contribution in [0.4, 0.5) is 17.6 Å². The minimum absolute atomic E-state index is 0.0847. The van der Waals surface area contributed by atoms with Crippen molar-refractivity contribution >= 4 is 23.2 Å². The Morgan fingerprint density at radius 1 is 1.00 bits per heavy atom. The largest absolute Gasteiger partial charge is 0.250 e. The lowest BCUT2D eigenvalue weighted by molar-refractivity contribution is 0.0691. The van der Waals surface area contributed by atoms with Crippen molar-refractivity contribution in [2.75, 3.05) is 26.7 Å². The third kappa shape index (κ3) is 3.09. The standard InChI is InChI=1S/C12H11Cl2F4/c13-9-1-8(2-10(14)3-9)11(4-15)12(5-16,6-17)7-18/h1-2,11H,4-7H2. The molecule has 0 amide bonds. The lowest BCUT2D eigenvalue weighted by atomic mass is 9.75. The van der Waals surface area contributed by atoms with E-state index in [2.05, 4.69) is 6.07 Å². The van der Waals surface area contributed by atoms with Gasteiger partial charge >= 0.3 is 0 Å². The average Bonchev–Trinajstić information content (AvgIpc) is 2.35. The monoisotopic (exact) mass is 301 g/mol. The summed E-state index contributed by atoms with van der Waals surface area (Å²) in [7, 11) is 0. The first-order valence-corrected chi connectivity index (χ1v) is 5.90. The van der Waals surface area contributed by atoms with Gasteiger partial charge in [0.15, 0.2) is 0 Å². The zero-order valence-corrected chi connectivity index (χ0v) is 10.8. The van der Waals surface area contributed by atoms with E-state index in [-0.39, 0.29) is 15.6 Å². The van der Waals surface area contributed by atoms with Gasteiger partial charge < -0.3 is 0 Å². The van der Waals surface area contributed by atoms with Crippen molar-refractivity contribution in [2.24, 2.45) is 5.41 Å². The third-order valence-corrected chi connectivity index (χ3v) is 3.33. The fourth-order valence-electron chi connectivity index (χ4n) is 1.71. The molecule has 1 unspecified atom stereocenters. The quantitative estimate of drug-likeness (QED) is 0.666. The average molecular weight is 302 g/mol. The van der Waals surface area contributed by atoms with Gasteiger partial charge in [-0.3, -0.25) is 17.6 Å². The maximum Gasteiger partial charge on any atom is 0.101 e. The van der Waals surface area contributed by atoms with Crippen LogP contribution in [-0.2, 0) is 0 Å². The van der Waals surface area contributed by atoms with Crippen molar-refractivity contribution in [2.45, 2.75) is 5.92 Å². The van der Waals surface area contributed by atoms with E-state index in [9.17, 15) is 17.6 Å². The molecular weight excluding hydrogens is 291 g/mol. The molecule has 18 heavy (non-hydrogen) atoms. The maximum atomic E-state index is 13.1. The van der Waals surface area contributed by atoms with Crippen LogP contribution < -0.4 is 0 Å². The zero-order chi connectivity index (χ0) is 13.8. The Morgan fingerprint density at radius 3 is 1.78 bits per heavy atom. The lowest BCUT2D eigenvalue weighted by Gasteiger charge is -2.32. The highest BCUT2D eigenvalue weighted by atomic mass is 35.5. The van der Waals surface area contributed by atoms with Crippen molar-refractivity contribution in [1.29, 1.82) is 0 Å². The first-order valence-electron chi connectivity index (χ1n) is 5.15. The van der Waals surface area contributed by atoms with Gasteiger partial charge in [0.1, 0.15) is 20.0 Å². The van der Waals surface area contributed by atoms with Gasteiger partial charge in [-0.05, 0) is 17.7 Å². The first-order chi connectivity index (χ1) is 8.52. The number of hydrogen-bond acceptors (Lipinski definition) is 0. The van der Waals surface area contributed by atoms with Gasteiger partial charge in [-0.2, -0.15) is 0 Å². The molecule has 0 aliphatic carbocycles. The molecule has 0 N–H and O–H groups in total. The van der Waals surface area contributed by atoms with Crippen LogP contribution in [0.5, 0.6) is 0 Å². The molecule has 101 valence electrons. The molecule has 0 bridgehead atoms. The van der Waals surface area contributed by atoms with Crippen LogP contribution in [0, 0.1) is 11.5 Å². The molecule has 6 heteroatoms. The van der Waals surface area contributed by atoms with Crippen LogP contribution in [0.2, 0.25) is 10.0 Å². The van der Waals surface area contributed by atoms with Crippen molar-refractivity contribution in [3.63, 3.8) is 0 Å². The predicted octanol–water partition coefficient (Wildman–Crippen LogP) is 4.74. The molecule has 0 aliphatic rings. The molecule has 0 spiro atoms. The summed E-state index contributed by atoms with van der Waals surface area (Å²) in [6.45, 7) is -5.01. The van der Waals surface area contributed by atoms with Crippen LogP contribution in [0.15, 0.2) is 12.1 Å². The first kappa shape index (κ1) is 15.6. The van der Waals surface area contributed by atoms with Gasteiger partial charge in [-0.1, -0.05) is 23.2 Å². The Kier molecular flexibility index (Phi) is 5.73. The molecule has 0 saturated heterocycles. The van der Waals surface area contributed by atoms with Gasteiger partial charge in [0.25, 0.3) is 0 Å². The number of alkyl halides is 4.